The van der Waals surface area contributed by atoms with Crippen LogP contribution in [0.1, 0.15) is 23.6 Å². The second-order valence-corrected chi connectivity index (χ2v) is 8.10. The number of rotatable bonds is 7. The number of nitrogens with zero attached hydrogens (tertiary/aromatic N) is 1. The second kappa shape index (κ2) is 9.97. The van der Waals surface area contributed by atoms with Gasteiger partial charge in [-0.25, -0.2) is 0 Å². The fourth-order valence-corrected chi connectivity index (χ4v) is 4.40. The molecule has 32 heavy (non-hydrogen) atoms. The van der Waals surface area contributed by atoms with Gasteiger partial charge in [0.25, 0.3) is 11.7 Å². The van der Waals surface area contributed by atoms with Gasteiger partial charge in [-0.15, -0.1) is 0 Å². The predicted octanol–water partition coefficient (Wildman–Crippen LogP) is 1.42. The Bertz CT molecular complexity index is 981. The summed E-state index contributed by atoms with van der Waals surface area (Å²) in [4.78, 5) is 29.1. The highest BCUT2D eigenvalue weighted by Crippen LogP contribution is 2.39. The van der Waals surface area contributed by atoms with Crippen molar-refractivity contribution in [2.75, 3.05) is 46.5 Å². The average molecular weight is 438 g/mol. The third kappa shape index (κ3) is 4.54. The average Bonchev–Trinajstić information content (AvgIpc) is 3.10. The van der Waals surface area contributed by atoms with Crippen LogP contribution in [0, 0.1) is 0 Å². The molecule has 0 radical (unpaired) electrons. The Morgan fingerprint density at radius 2 is 1.78 bits per heavy atom. The quantitative estimate of drug-likeness (QED) is 0.389. The van der Waals surface area contributed by atoms with Crippen molar-refractivity contribution in [3.8, 4) is 5.75 Å². The summed E-state index contributed by atoms with van der Waals surface area (Å²) >= 11 is 0. The molecule has 2 aliphatic heterocycles. The molecule has 0 bridgehead atoms. The number of carbonyl (C=O) groups excluding carboxylic acids is 2. The summed E-state index contributed by atoms with van der Waals surface area (Å²) in [5.41, 5.74) is 1.41. The van der Waals surface area contributed by atoms with Crippen molar-refractivity contribution in [3.63, 3.8) is 0 Å². The van der Waals surface area contributed by atoms with Gasteiger partial charge in [-0.2, -0.15) is 0 Å². The molecular weight excluding hydrogens is 408 g/mol. The maximum absolute atomic E-state index is 13.0. The van der Waals surface area contributed by atoms with E-state index in [9.17, 15) is 14.7 Å². The molecule has 0 saturated carbocycles. The number of benzene rings is 2. The molecule has 2 N–H and O–H groups in total. The summed E-state index contributed by atoms with van der Waals surface area (Å²) in [6.45, 7) is 4.76. The van der Waals surface area contributed by atoms with Crippen molar-refractivity contribution in [1.82, 2.24) is 4.90 Å². The number of quaternary nitrogens is 1. The number of amides is 1. The highest BCUT2D eigenvalue weighted by atomic mass is 16.5. The molecule has 2 aromatic carbocycles. The van der Waals surface area contributed by atoms with Gasteiger partial charge in [0.1, 0.15) is 24.6 Å². The van der Waals surface area contributed by atoms with Gasteiger partial charge in [0, 0.05) is 18.5 Å². The Morgan fingerprint density at radius 3 is 2.44 bits per heavy atom. The lowest BCUT2D eigenvalue weighted by Crippen LogP contribution is -3.14. The molecule has 1 unspecified atom stereocenters. The van der Waals surface area contributed by atoms with Gasteiger partial charge in [0.2, 0.25) is 0 Å². The lowest BCUT2D eigenvalue weighted by atomic mass is 9.95. The van der Waals surface area contributed by atoms with Gasteiger partial charge >= 0.3 is 0 Å². The summed E-state index contributed by atoms with van der Waals surface area (Å²) in [5, 5.41) is 11.0. The third-order valence-corrected chi connectivity index (χ3v) is 6.15. The van der Waals surface area contributed by atoms with E-state index >= 15 is 0 Å². The number of ether oxygens (including phenoxy) is 2. The Morgan fingerprint density at radius 1 is 1.09 bits per heavy atom. The minimum atomic E-state index is -0.647. The zero-order chi connectivity index (χ0) is 22.5. The molecule has 2 heterocycles. The first-order chi connectivity index (χ1) is 15.6. The van der Waals surface area contributed by atoms with Crippen molar-refractivity contribution < 1.29 is 29.1 Å². The molecule has 168 valence electrons. The molecule has 7 nitrogen and oxygen atoms in total. The number of hydrogen-bond acceptors (Lipinski definition) is 5. The molecule has 2 fully saturated rings. The molecular formula is C25H29N2O5+. The number of nitrogens with one attached hydrogen (secondary N) is 1. The van der Waals surface area contributed by atoms with Crippen LogP contribution in [0.5, 0.6) is 5.75 Å². The predicted molar refractivity (Wildman–Crippen MR) is 119 cm³/mol. The summed E-state index contributed by atoms with van der Waals surface area (Å²) in [5.74, 6) is -0.679. The van der Waals surface area contributed by atoms with Crippen LogP contribution in [-0.4, -0.2) is 68.2 Å². The Kier molecular flexibility index (Phi) is 6.87. The van der Waals surface area contributed by atoms with E-state index in [0.717, 1.165) is 44.8 Å². The van der Waals surface area contributed by atoms with E-state index in [1.165, 1.54) is 4.90 Å². The second-order valence-electron chi connectivity index (χ2n) is 8.10. The number of ketones is 1. The van der Waals surface area contributed by atoms with Crippen LogP contribution in [0.15, 0.2) is 60.2 Å². The van der Waals surface area contributed by atoms with E-state index < -0.39 is 17.7 Å². The van der Waals surface area contributed by atoms with Crippen molar-refractivity contribution >= 4 is 17.4 Å². The van der Waals surface area contributed by atoms with E-state index in [1.54, 1.807) is 48.4 Å². The first-order valence-electron chi connectivity index (χ1n) is 11.0. The minimum absolute atomic E-state index is 0.130. The maximum atomic E-state index is 13.0. The summed E-state index contributed by atoms with van der Waals surface area (Å²) in [6.07, 6.45) is 0.764. The summed E-state index contributed by atoms with van der Waals surface area (Å²) in [6, 6.07) is 15.5. The van der Waals surface area contributed by atoms with E-state index in [0.29, 0.717) is 17.9 Å². The van der Waals surface area contributed by atoms with E-state index in [-0.39, 0.29) is 11.3 Å². The number of aliphatic hydroxyl groups is 1. The molecule has 0 aromatic heterocycles. The van der Waals surface area contributed by atoms with Crippen molar-refractivity contribution in [2.45, 2.75) is 12.5 Å². The first kappa shape index (κ1) is 22.0. The van der Waals surface area contributed by atoms with Crippen LogP contribution in [0.2, 0.25) is 0 Å². The van der Waals surface area contributed by atoms with Gasteiger partial charge in [-0.3, -0.25) is 9.59 Å². The minimum Gasteiger partial charge on any atom is -0.507 e. The SMILES string of the molecule is COc1ccc(C2C(=C(O)c3ccccc3)C(=O)C(=O)N2CCC[NH+]2CCOCC2)cc1. The summed E-state index contributed by atoms with van der Waals surface area (Å²) < 4.78 is 10.7. The number of aliphatic hydroxyl groups excluding tert-OH is 1. The lowest BCUT2D eigenvalue weighted by molar-refractivity contribution is -0.908. The molecule has 2 aromatic rings. The van der Waals surface area contributed by atoms with Crippen LogP contribution >= 0.6 is 0 Å². The number of Topliss-reactive ketones (excluding diaryl/α,β-unsaturated/α-hetero) is 1. The largest absolute Gasteiger partial charge is 0.507 e. The number of morpholine rings is 1. The fraction of sp³-hybridized carbons (Fsp3) is 0.360. The number of carbonyl (C=O) groups is 2. The third-order valence-electron chi connectivity index (χ3n) is 6.15. The van der Waals surface area contributed by atoms with Crippen molar-refractivity contribution in [2.24, 2.45) is 0 Å². The fourth-order valence-electron chi connectivity index (χ4n) is 4.40. The highest BCUT2D eigenvalue weighted by molar-refractivity contribution is 6.46. The van der Waals surface area contributed by atoms with Gasteiger partial charge in [-0.05, 0) is 17.7 Å². The monoisotopic (exact) mass is 437 g/mol. The Balaban J connectivity index is 1.65. The van der Waals surface area contributed by atoms with Gasteiger partial charge in [0.15, 0.2) is 0 Å². The van der Waals surface area contributed by atoms with Crippen LogP contribution in [0.4, 0.5) is 0 Å². The standard InChI is InChI=1S/C25H28N2O5/c1-31-20-10-8-18(9-11-20)22-21(23(28)19-6-3-2-4-7-19)24(29)25(30)27(22)13-5-12-26-14-16-32-17-15-26/h2-4,6-11,22,28H,5,12-17H2,1H3/p+1. The molecule has 1 atom stereocenters. The zero-order valence-corrected chi connectivity index (χ0v) is 18.3. The first-order valence-corrected chi connectivity index (χ1v) is 11.0. The molecule has 2 aliphatic rings. The molecule has 7 heteroatoms. The topological polar surface area (TPSA) is 80.5 Å². The number of likely N-dealkylation sites (tertiary alicyclic amines) is 1. The van der Waals surface area contributed by atoms with Crippen LogP contribution < -0.4 is 9.64 Å². The van der Waals surface area contributed by atoms with Crippen LogP contribution in [0.25, 0.3) is 5.76 Å². The number of methoxy groups -OCH3 is 1. The number of hydrogen-bond donors (Lipinski definition) is 2. The normalized spacial score (nSPS) is 21.2. The van der Waals surface area contributed by atoms with Crippen molar-refractivity contribution in [1.29, 1.82) is 0 Å². The molecule has 0 aliphatic carbocycles. The smallest absolute Gasteiger partial charge is 0.295 e. The van der Waals surface area contributed by atoms with E-state index in [1.807, 2.05) is 18.2 Å². The molecule has 1 amide bonds. The molecule has 0 spiro atoms. The van der Waals surface area contributed by atoms with Crippen LogP contribution in [0.3, 0.4) is 0 Å². The van der Waals surface area contributed by atoms with Gasteiger partial charge in [0.05, 0.1) is 38.5 Å². The Labute approximate surface area is 187 Å². The van der Waals surface area contributed by atoms with Gasteiger partial charge < -0.3 is 24.4 Å². The Hall–Kier alpha value is -3.16. The van der Waals surface area contributed by atoms with Crippen molar-refractivity contribution in [3.05, 3.63) is 71.3 Å². The zero-order valence-electron chi connectivity index (χ0n) is 18.3. The highest BCUT2D eigenvalue weighted by Gasteiger charge is 2.45. The summed E-state index contributed by atoms with van der Waals surface area (Å²) in [7, 11) is 1.59. The van der Waals surface area contributed by atoms with Crippen LogP contribution in [-0.2, 0) is 14.3 Å². The maximum Gasteiger partial charge on any atom is 0.295 e. The molecule has 4 rings (SSSR count). The molecule has 2 saturated heterocycles. The van der Waals surface area contributed by atoms with Gasteiger partial charge in [-0.1, -0.05) is 42.5 Å². The lowest BCUT2D eigenvalue weighted by Gasteiger charge is -2.27. The van der Waals surface area contributed by atoms with E-state index in [4.69, 9.17) is 9.47 Å². The van der Waals surface area contributed by atoms with E-state index in [2.05, 4.69) is 0 Å².